The highest BCUT2D eigenvalue weighted by atomic mass is 79.9. The van der Waals surface area contributed by atoms with Gasteiger partial charge in [0.25, 0.3) is 5.91 Å². The largest absolute Gasteiger partial charge is 0.457 e. The van der Waals surface area contributed by atoms with Crippen molar-refractivity contribution in [3.63, 3.8) is 0 Å². The van der Waals surface area contributed by atoms with Gasteiger partial charge in [-0.25, -0.2) is 0 Å². The molecule has 3 aromatic rings. The van der Waals surface area contributed by atoms with Gasteiger partial charge in [0, 0.05) is 15.7 Å². The molecule has 120 valence electrons. The fraction of sp³-hybridized carbons (Fsp3) is 0.0500. The highest BCUT2D eigenvalue weighted by Crippen LogP contribution is 2.23. The molecule has 0 aromatic heterocycles. The molecule has 0 saturated heterocycles. The van der Waals surface area contributed by atoms with Gasteiger partial charge in [0.1, 0.15) is 11.5 Å². The first-order chi connectivity index (χ1) is 11.6. The highest BCUT2D eigenvalue weighted by Gasteiger charge is 2.06. The van der Waals surface area contributed by atoms with Gasteiger partial charge in [-0.15, -0.1) is 0 Å². The number of carbonyl (C=O) groups excluding carboxylic acids is 1. The van der Waals surface area contributed by atoms with E-state index in [0.717, 1.165) is 21.7 Å². The predicted octanol–water partition coefficient (Wildman–Crippen LogP) is 5.80. The third-order valence-electron chi connectivity index (χ3n) is 3.46. The predicted molar refractivity (Wildman–Crippen MR) is 99.8 cm³/mol. The van der Waals surface area contributed by atoms with Crippen LogP contribution in [-0.4, -0.2) is 5.91 Å². The molecule has 0 aliphatic heterocycles. The van der Waals surface area contributed by atoms with Crippen molar-refractivity contribution < 1.29 is 9.53 Å². The second-order valence-corrected chi connectivity index (χ2v) is 6.32. The van der Waals surface area contributed by atoms with E-state index in [1.807, 2.05) is 67.6 Å². The Morgan fingerprint density at radius 2 is 1.54 bits per heavy atom. The highest BCUT2D eigenvalue weighted by molar-refractivity contribution is 9.10. The molecule has 0 fully saturated rings. The summed E-state index contributed by atoms with van der Waals surface area (Å²) in [6.45, 7) is 2.03. The minimum Gasteiger partial charge on any atom is -0.457 e. The molecule has 0 bridgehead atoms. The van der Waals surface area contributed by atoms with Crippen LogP contribution in [0.1, 0.15) is 15.9 Å². The Kier molecular flexibility index (Phi) is 4.96. The first kappa shape index (κ1) is 16.3. The van der Waals surface area contributed by atoms with Gasteiger partial charge < -0.3 is 10.1 Å². The lowest BCUT2D eigenvalue weighted by atomic mass is 10.2. The van der Waals surface area contributed by atoms with Gasteiger partial charge in [0.15, 0.2) is 0 Å². The summed E-state index contributed by atoms with van der Waals surface area (Å²) in [5, 5.41) is 2.87. The van der Waals surface area contributed by atoms with E-state index in [1.165, 1.54) is 5.56 Å². The Morgan fingerprint density at radius 1 is 0.917 bits per heavy atom. The second kappa shape index (κ2) is 7.32. The lowest BCUT2D eigenvalue weighted by Crippen LogP contribution is -2.11. The summed E-state index contributed by atoms with van der Waals surface area (Å²) in [5.41, 5.74) is 2.51. The fourth-order valence-electron chi connectivity index (χ4n) is 2.18. The summed E-state index contributed by atoms with van der Waals surface area (Å²) in [7, 11) is 0. The van der Waals surface area contributed by atoms with E-state index in [4.69, 9.17) is 4.74 Å². The van der Waals surface area contributed by atoms with E-state index < -0.39 is 0 Å². The van der Waals surface area contributed by atoms with Crippen molar-refractivity contribution in [3.8, 4) is 11.5 Å². The number of ether oxygens (including phenoxy) is 1. The molecular formula is C20H16BrNO2. The topological polar surface area (TPSA) is 38.3 Å². The molecule has 0 saturated carbocycles. The Balaban J connectivity index is 1.66. The molecule has 0 spiro atoms. The minimum absolute atomic E-state index is 0.150. The average Bonchev–Trinajstić information content (AvgIpc) is 2.59. The van der Waals surface area contributed by atoms with Gasteiger partial charge in [-0.3, -0.25) is 4.79 Å². The van der Waals surface area contributed by atoms with Crippen LogP contribution in [0.3, 0.4) is 0 Å². The monoisotopic (exact) mass is 381 g/mol. The Morgan fingerprint density at radius 3 is 2.17 bits per heavy atom. The average molecular weight is 382 g/mol. The van der Waals surface area contributed by atoms with Crippen molar-refractivity contribution in [2.24, 2.45) is 0 Å². The maximum absolute atomic E-state index is 12.2. The number of aryl methyl sites for hydroxylation is 1. The van der Waals surface area contributed by atoms with E-state index in [2.05, 4.69) is 21.2 Å². The zero-order chi connectivity index (χ0) is 16.9. The molecule has 1 amide bonds. The van der Waals surface area contributed by atoms with Gasteiger partial charge in [-0.1, -0.05) is 39.7 Å². The number of rotatable bonds is 4. The molecule has 0 atom stereocenters. The van der Waals surface area contributed by atoms with Crippen LogP contribution in [0, 0.1) is 6.92 Å². The van der Waals surface area contributed by atoms with Crippen molar-refractivity contribution >= 4 is 27.5 Å². The smallest absolute Gasteiger partial charge is 0.255 e. The normalized spacial score (nSPS) is 10.2. The summed E-state index contributed by atoms with van der Waals surface area (Å²) >= 11 is 3.36. The van der Waals surface area contributed by atoms with Crippen molar-refractivity contribution in [1.82, 2.24) is 0 Å². The Labute approximate surface area is 149 Å². The summed E-state index contributed by atoms with van der Waals surface area (Å²) < 4.78 is 6.65. The number of benzene rings is 3. The van der Waals surface area contributed by atoms with Gasteiger partial charge in [-0.05, 0) is 61.5 Å². The molecule has 0 radical (unpaired) electrons. The van der Waals surface area contributed by atoms with Crippen molar-refractivity contribution in [1.29, 1.82) is 0 Å². The lowest BCUT2D eigenvalue weighted by molar-refractivity contribution is 0.102. The van der Waals surface area contributed by atoms with Crippen molar-refractivity contribution in [3.05, 3.63) is 88.4 Å². The fourth-order valence-corrected chi connectivity index (χ4v) is 2.58. The molecule has 4 heteroatoms. The van der Waals surface area contributed by atoms with Crippen LogP contribution in [0.4, 0.5) is 5.69 Å². The number of anilines is 1. The number of nitrogens with one attached hydrogen (secondary N) is 1. The van der Waals surface area contributed by atoms with E-state index in [1.54, 1.807) is 12.1 Å². The van der Waals surface area contributed by atoms with Crippen molar-refractivity contribution in [2.75, 3.05) is 5.32 Å². The Bertz CT molecular complexity index is 842. The Hall–Kier alpha value is -2.59. The standard InChI is InChI=1S/C20H16BrNO2/c1-14-5-9-18(10-6-14)24-19-11-7-17(8-12-19)22-20(23)15-3-2-4-16(21)13-15/h2-13H,1H3,(H,22,23). The molecule has 0 heterocycles. The zero-order valence-corrected chi connectivity index (χ0v) is 14.7. The van der Waals surface area contributed by atoms with Gasteiger partial charge >= 0.3 is 0 Å². The van der Waals surface area contributed by atoms with Gasteiger partial charge in [0.2, 0.25) is 0 Å². The van der Waals surface area contributed by atoms with Crippen LogP contribution in [-0.2, 0) is 0 Å². The van der Waals surface area contributed by atoms with Crippen LogP contribution in [0.5, 0.6) is 11.5 Å². The number of halogens is 1. The lowest BCUT2D eigenvalue weighted by Gasteiger charge is -2.08. The molecule has 3 aromatic carbocycles. The zero-order valence-electron chi connectivity index (χ0n) is 13.1. The third kappa shape index (κ3) is 4.24. The summed E-state index contributed by atoms with van der Waals surface area (Å²) in [6, 6.07) is 22.4. The SMILES string of the molecule is Cc1ccc(Oc2ccc(NC(=O)c3cccc(Br)c3)cc2)cc1. The number of carbonyl (C=O) groups is 1. The molecule has 0 aliphatic carbocycles. The molecule has 0 unspecified atom stereocenters. The van der Waals surface area contributed by atoms with Crippen LogP contribution in [0.15, 0.2) is 77.3 Å². The van der Waals surface area contributed by atoms with E-state index in [9.17, 15) is 4.79 Å². The summed E-state index contributed by atoms with van der Waals surface area (Å²) in [5.74, 6) is 1.36. The first-order valence-corrected chi connectivity index (χ1v) is 8.31. The van der Waals surface area contributed by atoms with Crippen molar-refractivity contribution in [2.45, 2.75) is 6.92 Å². The number of hydrogen-bond donors (Lipinski definition) is 1. The molecule has 1 N–H and O–H groups in total. The number of hydrogen-bond acceptors (Lipinski definition) is 2. The quantitative estimate of drug-likeness (QED) is 0.619. The van der Waals surface area contributed by atoms with Crippen LogP contribution in [0.2, 0.25) is 0 Å². The van der Waals surface area contributed by atoms with E-state index in [-0.39, 0.29) is 5.91 Å². The second-order valence-electron chi connectivity index (χ2n) is 5.40. The first-order valence-electron chi connectivity index (χ1n) is 7.52. The van der Waals surface area contributed by atoms with Crippen LogP contribution < -0.4 is 10.1 Å². The molecule has 3 nitrogen and oxygen atoms in total. The van der Waals surface area contributed by atoms with Gasteiger partial charge in [-0.2, -0.15) is 0 Å². The third-order valence-corrected chi connectivity index (χ3v) is 3.95. The molecule has 24 heavy (non-hydrogen) atoms. The van der Waals surface area contributed by atoms with Crippen LogP contribution in [0.25, 0.3) is 0 Å². The maximum atomic E-state index is 12.2. The molecule has 3 rings (SSSR count). The van der Waals surface area contributed by atoms with E-state index in [0.29, 0.717) is 5.56 Å². The maximum Gasteiger partial charge on any atom is 0.255 e. The molecule has 0 aliphatic rings. The van der Waals surface area contributed by atoms with Crippen LogP contribution >= 0.6 is 15.9 Å². The minimum atomic E-state index is -0.150. The number of amides is 1. The van der Waals surface area contributed by atoms with E-state index >= 15 is 0 Å². The summed E-state index contributed by atoms with van der Waals surface area (Å²) in [6.07, 6.45) is 0. The van der Waals surface area contributed by atoms with Gasteiger partial charge in [0.05, 0.1) is 0 Å². The summed E-state index contributed by atoms with van der Waals surface area (Å²) in [4.78, 5) is 12.2. The molecular weight excluding hydrogens is 366 g/mol.